The van der Waals surface area contributed by atoms with E-state index in [1.165, 1.54) is 0 Å². The third-order valence-electron chi connectivity index (χ3n) is 7.90. The zero-order valence-electron chi connectivity index (χ0n) is 20.2. The molecule has 8 nitrogen and oxygen atoms in total. The van der Waals surface area contributed by atoms with Gasteiger partial charge in [-0.05, 0) is 44.8 Å². The van der Waals surface area contributed by atoms with Gasteiger partial charge in [-0.15, -0.1) is 0 Å². The summed E-state index contributed by atoms with van der Waals surface area (Å²) in [6.07, 6.45) is 1.80. The Balaban J connectivity index is 1.43. The van der Waals surface area contributed by atoms with E-state index >= 15 is 0 Å². The van der Waals surface area contributed by atoms with Crippen LogP contribution in [-0.2, 0) is 9.59 Å². The first-order chi connectivity index (χ1) is 16.9. The molecule has 4 heterocycles. The summed E-state index contributed by atoms with van der Waals surface area (Å²) in [6, 6.07) is 19.2. The second-order valence-corrected chi connectivity index (χ2v) is 10.3. The third kappa shape index (κ3) is 3.35. The minimum absolute atomic E-state index is 0.0434. The number of carbonyl (C=O) groups is 2. The molecule has 2 saturated heterocycles. The van der Waals surface area contributed by atoms with Crippen LogP contribution in [0.1, 0.15) is 19.3 Å². The SMILES string of the molecule is CN1CCC2=NN(c3ccccc3)C(=O)C2(CC23CN(C)CCC2=NN(c2ccccc2)C3=O)C1. The highest BCUT2D eigenvalue weighted by molar-refractivity contribution is 6.24. The van der Waals surface area contributed by atoms with Gasteiger partial charge in [-0.2, -0.15) is 20.2 Å². The van der Waals surface area contributed by atoms with Crippen molar-refractivity contribution >= 4 is 34.6 Å². The number of fused-ring (bicyclic) bond motifs is 2. The monoisotopic (exact) mass is 470 g/mol. The molecule has 6 rings (SSSR count). The largest absolute Gasteiger partial charge is 0.305 e. The average Bonchev–Trinajstić information content (AvgIpc) is 3.31. The highest BCUT2D eigenvalue weighted by Gasteiger charge is 2.63. The Morgan fingerprint density at radius 1 is 0.686 bits per heavy atom. The Morgan fingerprint density at radius 3 is 1.49 bits per heavy atom. The van der Waals surface area contributed by atoms with E-state index in [4.69, 9.17) is 10.2 Å². The van der Waals surface area contributed by atoms with Gasteiger partial charge < -0.3 is 9.80 Å². The summed E-state index contributed by atoms with van der Waals surface area (Å²) in [6.45, 7) is 2.78. The van der Waals surface area contributed by atoms with E-state index in [1.807, 2.05) is 74.8 Å². The average molecular weight is 471 g/mol. The summed E-state index contributed by atoms with van der Waals surface area (Å²) in [7, 11) is 4.09. The van der Waals surface area contributed by atoms with Gasteiger partial charge in [-0.1, -0.05) is 36.4 Å². The predicted molar refractivity (Wildman–Crippen MR) is 136 cm³/mol. The molecule has 0 N–H and O–H groups in total. The number of hydrogen-bond donors (Lipinski definition) is 0. The van der Waals surface area contributed by atoms with Gasteiger partial charge in [0.05, 0.1) is 22.8 Å². The molecule has 0 spiro atoms. The zero-order chi connectivity index (χ0) is 24.2. The summed E-state index contributed by atoms with van der Waals surface area (Å²) >= 11 is 0. The van der Waals surface area contributed by atoms with Crippen molar-refractivity contribution in [3.8, 4) is 0 Å². The van der Waals surface area contributed by atoms with Crippen molar-refractivity contribution in [2.24, 2.45) is 21.0 Å². The molecule has 180 valence electrons. The second-order valence-electron chi connectivity index (χ2n) is 10.3. The first-order valence-electron chi connectivity index (χ1n) is 12.3. The van der Waals surface area contributed by atoms with E-state index in [0.717, 1.165) is 35.9 Å². The summed E-state index contributed by atoms with van der Waals surface area (Å²) < 4.78 is 0. The number of benzene rings is 2. The van der Waals surface area contributed by atoms with Crippen molar-refractivity contribution in [3.05, 3.63) is 60.7 Å². The van der Waals surface area contributed by atoms with Gasteiger partial charge in [0.2, 0.25) is 0 Å². The molecule has 2 amide bonds. The molecule has 2 aromatic rings. The van der Waals surface area contributed by atoms with E-state index in [0.29, 0.717) is 32.4 Å². The number of hydrogen-bond acceptors (Lipinski definition) is 6. The maximum Gasteiger partial charge on any atom is 0.260 e. The van der Waals surface area contributed by atoms with E-state index in [2.05, 4.69) is 9.80 Å². The van der Waals surface area contributed by atoms with E-state index in [1.54, 1.807) is 10.0 Å². The first kappa shape index (κ1) is 22.1. The van der Waals surface area contributed by atoms with Gasteiger partial charge >= 0.3 is 0 Å². The number of anilines is 2. The molecular weight excluding hydrogens is 440 g/mol. The fourth-order valence-corrected chi connectivity index (χ4v) is 6.22. The van der Waals surface area contributed by atoms with Crippen LogP contribution in [0.15, 0.2) is 70.9 Å². The minimum atomic E-state index is -0.857. The number of nitrogens with zero attached hydrogens (tertiary/aromatic N) is 6. The van der Waals surface area contributed by atoms with Gasteiger partial charge in [0.25, 0.3) is 11.8 Å². The number of rotatable bonds is 4. The molecular formula is C27H30N6O2. The van der Waals surface area contributed by atoms with Crippen LogP contribution in [0.3, 0.4) is 0 Å². The normalized spacial score (nSPS) is 29.2. The Morgan fingerprint density at radius 2 is 1.09 bits per heavy atom. The van der Waals surface area contributed by atoms with Crippen LogP contribution in [0.2, 0.25) is 0 Å². The summed E-state index contributed by atoms with van der Waals surface area (Å²) in [4.78, 5) is 32.8. The maximum absolute atomic E-state index is 14.2. The van der Waals surface area contributed by atoms with Gasteiger partial charge in [0.1, 0.15) is 10.8 Å². The van der Waals surface area contributed by atoms with E-state index in [9.17, 15) is 9.59 Å². The molecule has 2 unspecified atom stereocenters. The fraction of sp³-hybridized carbons (Fsp3) is 0.407. The molecule has 0 radical (unpaired) electrons. The number of piperidine rings is 2. The molecule has 0 bridgehead atoms. The van der Waals surface area contributed by atoms with Crippen LogP contribution < -0.4 is 10.0 Å². The Hall–Kier alpha value is -3.36. The standard InChI is InChI=1S/C27H30N6O2/c1-30-15-13-22-26(18-30,24(34)32(28-22)20-9-5-3-6-10-20)17-27-19-31(2)16-14-23(27)29-33(25(27)35)21-11-7-4-8-12-21/h3-12H,13-19H2,1-2H3. The van der Waals surface area contributed by atoms with Gasteiger partial charge in [0.15, 0.2) is 0 Å². The quantitative estimate of drug-likeness (QED) is 0.689. The lowest BCUT2D eigenvalue weighted by atomic mass is 9.62. The van der Waals surface area contributed by atoms with Crippen molar-refractivity contribution in [1.82, 2.24) is 9.80 Å². The number of amides is 2. The lowest BCUT2D eigenvalue weighted by molar-refractivity contribution is -0.130. The maximum atomic E-state index is 14.2. The second kappa shape index (κ2) is 8.10. The van der Waals surface area contributed by atoms with Crippen molar-refractivity contribution in [2.45, 2.75) is 19.3 Å². The lowest BCUT2D eigenvalue weighted by Crippen LogP contribution is -2.60. The molecule has 35 heavy (non-hydrogen) atoms. The lowest BCUT2D eigenvalue weighted by Gasteiger charge is -2.45. The van der Waals surface area contributed by atoms with Crippen LogP contribution in [0, 0.1) is 10.8 Å². The molecule has 4 aliphatic rings. The molecule has 4 aliphatic heterocycles. The molecule has 8 heteroatoms. The van der Waals surface area contributed by atoms with Crippen molar-refractivity contribution < 1.29 is 9.59 Å². The summed E-state index contributed by atoms with van der Waals surface area (Å²) in [5, 5.41) is 12.8. The Labute approximate surface area is 205 Å². The van der Waals surface area contributed by atoms with Gasteiger partial charge in [-0.3, -0.25) is 9.59 Å². The molecule has 0 aliphatic carbocycles. The number of likely N-dealkylation sites (tertiary alicyclic amines) is 2. The van der Waals surface area contributed by atoms with Gasteiger partial charge in [-0.25, -0.2) is 0 Å². The highest BCUT2D eigenvalue weighted by atomic mass is 16.2. The molecule has 0 aromatic heterocycles. The minimum Gasteiger partial charge on any atom is -0.305 e. The van der Waals surface area contributed by atoms with Crippen LogP contribution in [0.25, 0.3) is 0 Å². The van der Waals surface area contributed by atoms with Crippen LogP contribution in [0.4, 0.5) is 11.4 Å². The topological polar surface area (TPSA) is 71.8 Å². The Bertz CT molecular complexity index is 1130. The smallest absolute Gasteiger partial charge is 0.260 e. The molecule has 2 aromatic carbocycles. The fourth-order valence-electron chi connectivity index (χ4n) is 6.22. The predicted octanol–water partition coefficient (Wildman–Crippen LogP) is 2.83. The third-order valence-corrected chi connectivity index (χ3v) is 7.90. The van der Waals surface area contributed by atoms with Crippen LogP contribution in [0.5, 0.6) is 0 Å². The van der Waals surface area contributed by atoms with Crippen LogP contribution >= 0.6 is 0 Å². The van der Waals surface area contributed by atoms with E-state index < -0.39 is 10.8 Å². The highest BCUT2D eigenvalue weighted by Crippen LogP contribution is 2.50. The summed E-state index contributed by atoms with van der Waals surface area (Å²) in [5.41, 5.74) is 1.58. The van der Waals surface area contributed by atoms with Crippen LogP contribution in [-0.4, -0.2) is 73.3 Å². The molecule has 0 saturated carbocycles. The van der Waals surface area contributed by atoms with E-state index in [-0.39, 0.29) is 11.8 Å². The summed E-state index contributed by atoms with van der Waals surface area (Å²) in [5.74, 6) is -0.0867. The number of hydrazone groups is 2. The number of para-hydroxylation sites is 2. The first-order valence-corrected chi connectivity index (χ1v) is 12.3. The zero-order valence-corrected chi connectivity index (χ0v) is 20.2. The number of carbonyl (C=O) groups excluding carboxylic acids is 2. The Kier molecular flexibility index (Phi) is 5.12. The van der Waals surface area contributed by atoms with Gasteiger partial charge in [0, 0.05) is 39.0 Å². The van der Waals surface area contributed by atoms with Crippen molar-refractivity contribution in [2.75, 3.05) is 50.3 Å². The van der Waals surface area contributed by atoms with Crippen molar-refractivity contribution in [1.29, 1.82) is 0 Å². The van der Waals surface area contributed by atoms with Crippen molar-refractivity contribution in [3.63, 3.8) is 0 Å². The molecule has 2 fully saturated rings. The molecule has 2 atom stereocenters.